The monoisotopic (exact) mass is 440 g/mol. The van der Waals surface area contributed by atoms with Crippen LogP contribution < -0.4 is 9.47 Å². The Morgan fingerprint density at radius 1 is 0.815 bits per heavy atom. The van der Waals surface area contributed by atoms with Crippen LogP contribution in [0.5, 0.6) is 11.8 Å². The highest BCUT2D eigenvalue weighted by molar-refractivity contribution is 9.08. The highest BCUT2D eigenvalue weighted by Crippen LogP contribution is 2.14. The fourth-order valence-electron chi connectivity index (χ4n) is 1.52. The van der Waals surface area contributed by atoms with Crippen LogP contribution in [0.15, 0.2) is 24.3 Å². The van der Waals surface area contributed by atoms with E-state index in [1.54, 1.807) is 14.2 Å². The van der Waals surface area contributed by atoms with Crippen LogP contribution in [0, 0.1) is 20.8 Å². The normalized spacial score (nSPS) is 8.07. The van der Waals surface area contributed by atoms with Crippen molar-refractivity contribution >= 4 is 28.2 Å². The number of nitrogens with zero attached hydrogens (tertiary/aromatic N) is 2. The highest BCUT2D eigenvalue weighted by atomic mass is 79.9. The van der Waals surface area contributed by atoms with Crippen LogP contribution in [-0.4, -0.2) is 36.5 Å². The zero-order chi connectivity index (χ0) is 21.2. The fourth-order valence-corrected chi connectivity index (χ4v) is 2.09. The van der Waals surface area contributed by atoms with Crippen molar-refractivity contribution < 1.29 is 28.7 Å². The van der Waals surface area contributed by atoms with Gasteiger partial charge in [-0.25, -0.2) is 9.97 Å². The number of hydrogen-bond donors (Lipinski definition) is 0. The molecule has 0 atom stereocenters. The molecule has 0 aromatic carbocycles. The highest BCUT2D eigenvalue weighted by Gasteiger charge is 1.99. The van der Waals surface area contributed by atoms with E-state index in [0.29, 0.717) is 11.8 Å². The van der Waals surface area contributed by atoms with E-state index < -0.39 is 0 Å². The van der Waals surface area contributed by atoms with Gasteiger partial charge in [-0.1, -0.05) is 28.1 Å². The number of alkyl halides is 1. The van der Waals surface area contributed by atoms with E-state index in [1.807, 2.05) is 45.0 Å². The van der Waals surface area contributed by atoms with Gasteiger partial charge in [-0.05, 0) is 31.9 Å². The lowest BCUT2D eigenvalue weighted by molar-refractivity contribution is -0.193. The van der Waals surface area contributed by atoms with E-state index in [-0.39, 0.29) is 12.3 Å². The zero-order valence-electron chi connectivity index (χ0n) is 15.7. The molecule has 146 valence electrons. The fraction of sp³-hybridized carbons (Fsp3) is 0.333. The minimum absolute atomic E-state index is 0.250. The van der Waals surface area contributed by atoms with E-state index in [2.05, 4.69) is 25.9 Å². The van der Waals surface area contributed by atoms with Crippen LogP contribution in [0.4, 0.5) is 0 Å². The molecule has 0 aliphatic carbocycles. The summed E-state index contributed by atoms with van der Waals surface area (Å²) in [5.74, 6) is 1.35. The van der Waals surface area contributed by atoms with Gasteiger partial charge in [-0.3, -0.25) is 0 Å². The second-order valence-corrected chi connectivity index (χ2v) is 5.23. The molecule has 2 aromatic rings. The minimum Gasteiger partial charge on any atom is -0.481 e. The number of rotatable bonds is 3. The van der Waals surface area contributed by atoms with Gasteiger partial charge < -0.3 is 9.47 Å². The predicted octanol–water partition coefficient (Wildman–Crippen LogP) is 2.83. The van der Waals surface area contributed by atoms with Gasteiger partial charge in [0.05, 0.1) is 19.9 Å². The first-order valence-electron chi connectivity index (χ1n) is 7.38. The smallest absolute Gasteiger partial charge is 0.373 e. The SMILES string of the molecule is COc1ccc(C)c(C)n1.COc1ccc(C)c(CBr)n1.O=C=O.O=C=O. The molecule has 0 saturated heterocycles. The Morgan fingerprint density at radius 3 is 1.59 bits per heavy atom. The number of pyridine rings is 2. The summed E-state index contributed by atoms with van der Waals surface area (Å²) in [5, 5.41) is 0.774. The maximum atomic E-state index is 8.12. The first kappa shape index (κ1) is 26.4. The standard InChI is InChI=1S/C8H10BrNO.C8H11NO.2CO2/c1-6-3-4-8(11-2)10-7(6)5-9;1-6-4-5-8(10-3)9-7(6)2;2*2-1-3/h3-4H,5H2,1-2H3;4-5H,1-3H3;;. The summed E-state index contributed by atoms with van der Waals surface area (Å²) in [6.45, 7) is 6.03. The molecule has 0 fully saturated rings. The zero-order valence-corrected chi connectivity index (χ0v) is 17.3. The Hall–Kier alpha value is -2.86. The van der Waals surface area contributed by atoms with Crippen molar-refractivity contribution in [1.29, 1.82) is 0 Å². The lowest BCUT2D eigenvalue weighted by Gasteiger charge is -2.03. The van der Waals surface area contributed by atoms with Gasteiger partial charge in [-0.2, -0.15) is 19.2 Å². The van der Waals surface area contributed by atoms with Gasteiger partial charge in [0.2, 0.25) is 11.8 Å². The molecule has 0 amide bonds. The van der Waals surface area contributed by atoms with Crippen molar-refractivity contribution in [3.8, 4) is 11.8 Å². The van der Waals surface area contributed by atoms with Crippen LogP contribution in [0.25, 0.3) is 0 Å². The van der Waals surface area contributed by atoms with Crippen molar-refractivity contribution in [2.75, 3.05) is 14.2 Å². The summed E-state index contributed by atoms with van der Waals surface area (Å²) in [6.07, 6.45) is 0.500. The number of carbonyl (C=O) groups excluding carboxylic acids is 4. The summed E-state index contributed by atoms with van der Waals surface area (Å²) in [6, 6.07) is 7.73. The van der Waals surface area contributed by atoms with Crippen LogP contribution >= 0.6 is 15.9 Å². The van der Waals surface area contributed by atoms with E-state index >= 15 is 0 Å². The first-order chi connectivity index (χ1) is 12.8. The molecule has 0 spiro atoms. The second-order valence-electron chi connectivity index (χ2n) is 4.67. The van der Waals surface area contributed by atoms with Gasteiger partial charge >= 0.3 is 12.3 Å². The summed E-state index contributed by atoms with van der Waals surface area (Å²) in [4.78, 5) is 40.9. The topological polar surface area (TPSA) is 113 Å². The second kappa shape index (κ2) is 16.6. The Kier molecular flexibility index (Phi) is 16.2. The van der Waals surface area contributed by atoms with Crippen molar-refractivity contribution in [2.45, 2.75) is 26.1 Å². The Bertz CT molecular complexity index is 744. The molecule has 2 rings (SSSR count). The predicted molar refractivity (Wildman–Crippen MR) is 98.4 cm³/mol. The molecule has 0 bridgehead atoms. The van der Waals surface area contributed by atoms with Crippen LogP contribution in [0.1, 0.15) is 22.5 Å². The molecule has 0 saturated carbocycles. The molecule has 0 aliphatic heterocycles. The minimum atomic E-state index is 0.250. The van der Waals surface area contributed by atoms with Gasteiger partial charge in [0.15, 0.2) is 0 Å². The lowest BCUT2D eigenvalue weighted by atomic mass is 10.2. The van der Waals surface area contributed by atoms with Crippen LogP contribution in [0.2, 0.25) is 0 Å². The van der Waals surface area contributed by atoms with Gasteiger partial charge in [0.25, 0.3) is 0 Å². The molecular formula is C18H21BrN2O6. The van der Waals surface area contributed by atoms with E-state index in [1.165, 1.54) is 11.1 Å². The van der Waals surface area contributed by atoms with E-state index in [4.69, 9.17) is 28.7 Å². The van der Waals surface area contributed by atoms with Crippen molar-refractivity contribution in [3.63, 3.8) is 0 Å². The van der Waals surface area contributed by atoms with Gasteiger partial charge in [-0.15, -0.1) is 0 Å². The van der Waals surface area contributed by atoms with Gasteiger partial charge in [0, 0.05) is 23.2 Å². The Morgan fingerprint density at radius 2 is 1.22 bits per heavy atom. The molecule has 27 heavy (non-hydrogen) atoms. The molecule has 9 heteroatoms. The number of ether oxygens (including phenoxy) is 2. The third-order valence-electron chi connectivity index (χ3n) is 3.05. The lowest BCUT2D eigenvalue weighted by Crippen LogP contribution is -1.93. The number of halogens is 1. The molecule has 0 aliphatic rings. The molecule has 0 unspecified atom stereocenters. The molecular weight excluding hydrogens is 420 g/mol. The number of hydrogen-bond acceptors (Lipinski definition) is 8. The largest absolute Gasteiger partial charge is 0.481 e. The van der Waals surface area contributed by atoms with Crippen molar-refractivity contribution in [3.05, 3.63) is 46.8 Å². The summed E-state index contributed by atoms with van der Waals surface area (Å²) in [7, 11) is 3.24. The first-order valence-corrected chi connectivity index (χ1v) is 8.50. The third-order valence-corrected chi connectivity index (χ3v) is 3.58. The van der Waals surface area contributed by atoms with Crippen molar-refractivity contribution in [2.24, 2.45) is 0 Å². The average Bonchev–Trinajstić information content (AvgIpc) is 2.66. The van der Waals surface area contributed by atoms with Crippen LogP contribution in [-0.2, 0) is 24.5 Å². The Labute approximate surface area is 166 Å². The third kappa shape index (κ3) is 12.2. The summed E-state index contributed by atoms with van der Waals surface area (Å²) < 4.78 is 9.92. The van der Waals surface area contributed by atoms with Crippen molar-refractivity contribution in [1.82, 2.24) is 9.97 Å². The molecule has 0 N–H and O–H groups in total. The number of methoxy groups -OCH3 is 2. The van der Waals surface area contributed by atoms with Crippen LogP contribution in [0.3, 0.4) is 0 Å². The maximum Gasteiger partial charge on any atom is 0.373 e. The summed E-state index contributed by atoms with van der Waals surface area (Å²) >= 11 is 3.35. The molecule has 2 heterocycles. The van der Waals surface area contributed by atoms with E-state index in [9.17, 15) is 0 Å². The molecule has 0 radical (unpaired) electrons. The number of aromatic nitrogens is 2. The Balaban J connectivity index is 0. The molecule has 2 aromatic heterocycles. The number of aryl methyl sites for hydroxylation is 3. The summed E-state index contributed by atoms with van der Waals surface area (Å²) in [5.41, 5.74) is 4.44. The van der Waals surface area contributed by atoms with Gasteiger partial charge in [0.1, 0.15) is 0 Å². The average molecular weight is 441 g/mol. The van der Waals surface area contributed by atoms with E-state index in [0.717, 1.165) is 16.7 Å². The quantitative estimate of drug-likeness (QED) is 0.669. The maximum absolute atomic E-state index is 8.12. The molecule has 8 nitrogen and oxygen atoms in total.